The van der Waals surface area contributed by atoms with Gasteiger partial charge in [-0.25, -0.2) is 0 Å². The molecule has 0 amide bonds. The first-order valence-electron chi connectivity index (χ1n) is 24.0. The van der Waals surface area contributed by atoms with Crippen molar-refractivity contribution in [2.75, 3.05) is 0 Å². The van der Waals surface area contributed by atoms with Crippen LogP contribution in [0.15, 0.2) is 255 Å². The Labute approximate surface area is 400 Å². The molecule has 2 aromatic heterocycles. The maximum Gasteiger partial charge on any atom is 0.0726 e. The fourth-order valence-electron chi connectivity index (χ4n) is 12.5. The molecule has 13 aromatic rings. The van der Waals surface area contributed by atoms with Crippen molar-refractivity contribution >= 4 is 43.6 Å². The summed E-state index contributed by atoms with van der Waals surface area (Å²) in [6.45, 7) is 0. The van der Waals surface area contributed by atoms with Gasteiger partial charge in [0.25, 0.3) is 0 Å². The van der Waals surface area contributed by atoms with E-state index in [1.54, 1.807) is 0 Å². The van der Waals surface area contributed by atoms with Gasteiger partial charge in [0, 0.05) is 32.9 Å². The van der Waals surface area contributed by atoms with Crippen LogP contribution in [-0.4, -0.2) is 9.13 Å². The van der Waals surface area contributed by atoms with Crippen molar-refractivity contribution in [3.63, 3.8) is 0 Å². The highest BCUT2D eigenvalue weighted by Crippen LogP contribution is 2.64. The van der Waals surface area contributed by atoms with E-state index in [0.29, 0.717) is 0 Å². The summed E-state index contributed by atoms with van der Waals surface area (Å²) in [7, 11) is 0. The fraction of sp³-hybridized carbons (Fsp3) is 0.0149. The second kappa shape index (κ2) is 14.5. The molecule has 15 rings (SSSR count). The van der Waals surface area contributed by atoms with E-state index in [-0.39, 0.29) is 0 Å². The highest BCUT2D eigenvalue weighted by atomic mass is 15.0. The average molecular weight is 875 g/mol. The van der Waals surface area contributed by atoms with Crippen LogP contribution in [0.1, 0.15) is 22.3 Å². The van der Waals surface area contributed by atoms with Crippen LogP contribution >= 0.6 is 0 Å². The SMILES string of the molecule is c1ccc(-c2ccc3c(c2)c2ccccc2n3-c2ccc(-c3cccc4c3-c3ccc(-n5c6ccccc6c6cc(-c7ccccc7)ccc65)cc3C43c4ccccc4-c4ccccc43)cc2)cc1. The van der Waals surface area contributed by atoms with Gasteiger partial charge in [0.1, 0.15) is 0 Å². The molecule has 0 atom stereocenters. The lowest BCUT2D eigenvalue weighted by atomic mass is 9.70. The van der Waals surface area contributed by atoms with Gasteiger partial charge in [-0.05, 0) is 139 Å². The minimum atomic E-state index is -0.509. The Hall–Kier alpha value is -8.98. The van der Waals surface area contributed by atoms with Crippen LogP contribution in [0.25, 0.3) is 111 Å². The predicted molar refractivity (Wildman–Crippen MR) is 288 cm³/mol. The molecule has 2 aliphatic carbocycles. The van der Waals surface area contributed by atoms with Crippen molar-refractivity contribution < 1.29 is 0 Å². The first-order chi connectivity index (χ1) is 34.2. The lowest BCUT2D eigenvalue weighted by molar-refractivity contribution is 0.792. The normalized spacial score (nSPS) is 13.0. The molecule has 1 spiro atoms. The zero-order chi connectivity index (χ0) is 45.2. The predicted octanol–water partition coefficient (Wildman–Crippen LogP) is 17.2. The van der Waals surface area contributed by atoms with Crippen LogP contribution in [0, 0.1) is 0 Å². The van der Waals surface area contributed by atoms with Gasteiger partial charge in [-0.3, -0.25) is 0 Å². The Bertz CT molecular complexity index is 4180. The van der Waals surface area contributed by atoms with Crippen LogP contribution < -0.4 is 0 Å². The van der Waals surface area contributed by atoms with Gasteiger partial charge in [-0.1, -0.05) is 194 Å². The van der Waals surface area contributed by atoms with Crippen molar-refractivity contribution in [2.45, 2.75) is 5.41 Å². The average Bonchev–Trinajstić information content (AvgIpc) is 4.13. The van der Waals surface area contributed by atoms with Crippen molar-refractivity contribution in [3.8, 4) is 67.0 Å². The highest BCUT2D eigenvalue weighted by Gasteiger charge is 2.52. The summed E-state index contributed by atoms with van der Waals surface area (Å²) in [6, 6.07) is 94.8. The van der Waals surface area contributed by atoms with E-state index in [0.717, 1.165) is 11.4 Å². The third kappa shape index (κ3) is 5.31. The molecular formula is C67H42N2. The van der Waals surface area contributed by atoms with Gasteiger partial charge in [0.05, 0.1) is 27.5 Å². The van der Waals surface area contributed by atoms with E-state index in [9.17, 15) is 0 Å². The van der Waals surface area contributed by atoms with Crippen LogP contribution in [0.3, 0.4) is 0 Å². The molecule has 2 heteroatoms. The van der Waals surface area contributed by atoms with E-state index in [2.05, 4.69) is 264 Å². The molecule has 0 bridgehead atoms. The Morgan fingerprint density at radius 3 is 1.28 bits per heavy atom. The zero-order valence-electron chi connectivity index (χ0n) is 37.6. The molecule has 0 aliphatic heterocycles. The van der Waals surface area contributed by atoms with Crippen LogP contribution in [0.2, 0.25) is 0 Å². The first kappa shape index (κ1) is 38.2. The summed E-state index contributed by atoms with van der Waals surface area (Å²) in [5.74, 6) is 0. The first-order valence-corrected chi connectivity index (χ1v) is 24.0. The Balaban J connectivity index is 0.930. The molecule has 0 unspecified atom stereocenters. The smallest absolute Gasteiger partial charge is 0.0726 e. The monoisotopic (exact) mass is 874 g/mol. The number of nitrogens with zero attached hydrogens (tertiary/aromatic N) is 2. The third-order valence-electron chi connectivity index (χ3n) is 15.4. The van der Waals surface area contributed by atoms with Crippen LogP contribution in [0.5, 0.6) is 0 Å². The molecule has 320 valence electrons. The van der Waals surface area contributed by atoms with E-state index < -0.39 is 5.41 Å². The standard InChI is InChI=1S/C67H42N2/c1-3-16-43(17-4-1)46-32-38-64-56(40-46)53-22-9-13-28-62(53)68(64)48-34-30-45(31-35-48)50-24-15-27-60-66(50)55-37-36-49(42-61(55)67(60)58-25-11-7-20-51(58)52-21-8-12-26-59(52)67)69-63-29-14-10-23-54(63)57-41-47(33-39-65(57)69)44-18-5-2-6-19-44/h1-42H. The fourth-order valence-corrected chi connectivity index (χ4v) is 12.5. The number of fused-ring (bicyclic) bond motifs is 16. The van der Waals surface area contributed by atoms with Crippen molar-refractivity contribution in [1.82, 2.24) is 9.13 Å². The summed E-state index contributed by atoms with van der Waals surface area (Å²) in [6.07, 6.45) is 0. The Morgan fingerprint density at radius 1 is 0.232 bits per heavy atom. The molecule has 0 saturated carbocycles. The van der Waals surface area contributed by atoms with E-state index in [1.165, 1.54) is 122 Å². The molecule has 2 nitrogen and oxygen atoms in total. The van der Waals surface area contributed by atoms with Crippen molar-refractivity contribution in [2.24, 2.45) is 0 Å². The van der Waals surface area contributed by atoms with Gasteiger partial charge < -0.3 is 9.13 Å². The topological polar surface area (TPSA) is 9.86 Å². The number of rotatable bonds is 5. The molecule has 0 N–H and O–H groups in total. The van der Waals surface area contributed by atoms with Crippen molar-refractivity contribution in [1.29, 1.82) is 0 Å². The Morgan fingerprint density at radius 2 is 0.681 bits per heavy atom. The quantitative estimate of drug-likeness (QED) is 0.163. The molecule has 11 aromatic carbocycles. The minimum absolute atomic E-state index is 0.509. The van der Waals surface area contributed by atoms with E-state index >= 15 is 0 Å². The summed E-state index contributed by atoms with van der Waals surface area (Å²) < 4.78 is 4.91. The van der Waals surface area contributed by atoms with Crippen LogP contribution in [0.4, 0.5) is 0 Å². The largest absolute Gasteiger partial charge is 0.309 e. The molecule has 0 fully saturated rings. The molecule has 2 aliphatic rings. The lowest BCUT2D eigenvalue weighted by Gasteiger charge is -2.31. The summed E-state index contributed by atoms with van der Waals surface area (Å²) >= 11 is 0. The minimum Gasteiger partial charge on any atom is -0.309 e. The molecule has 69 heavy (non-hydrogen) atoms. The van der Waals surface area contributed by atoms with Crippen LogP contribution in [-0.2, 0) is 5.41 Å². The second-order valence-electron chi connectivity index (χ2n) is 18.7. The lowest BCUT2D eigenvalue weighted by Crippen LogP contribution is -2.26. The van der Waals surface area contributed by atoms with Gasteiger partial charge in [-0.15, -0.1) is 0 Å². The zero-order valence-corrected chi connectivity index (χ0v) is 37.6. The Kier molecular flexibility index (Phi) is 8.02. The molecule has 0 saturated heterocycles. The molecule has 2 heterocycles. The van der Waals surface area contributed by atoms with Gasteiger partial charge in [0.15, 0.2) is 0 Å². The molecular weight excluding hydrogens is 833 g/mol. The van der Waals surface area contributed by atoms with E-state index in [4.69, 9.17) is 0 Å². The maximum absolute atomic E-state index is 2.52. The summed E-state index contributed by atoms with van der Waals surface area (Å²) in [5, 5.41) is 5.02. The number of benzene rings is 11. The number of hydrogen-bond donors (Lipinski definition) is 0. The number of hydrogen-bond acceptors (Lipinski definition) is 0. The summed E-state index contributed by atoms with van der Waals surface area (Å²) in [4.78, 5) is 0. The number of para-hydroxylation sites is 2. The number of aromatic nitrogens is 2. The molecule has 0 radical (unpaired) electrons. The third-order valence-corrected chi connectivity index (χ3v) is 15.4. The maximum atomic E-state index is 2.52. The van der Waals surface area contributed by atoms with Gasteiger partial charge >= 0.3 is 0 Å². The van der Waals surface area contributed by atoms with Gasteiger partial charge in [-0.2, -0.15) is 0 Å². The highest BCUT2D eigenvalue weighted by molar-refractivity contribution is 6.12. The summed E-state index contributed by atoms with van der Waals surface area (Å²) in [5.41, 5.74) is 24.5. The second-order valence-corrected chi connectivity index (χ2v) is 18.7. The van der Waals surface area contributed by atoms with Gasteiger partial charge in [0.2, 0.25) is 0 Å². The van der Waals surface area contributed by atoms with Crippen molar-refractivity contribution in [3.05, 3.63) is 277 Å². The van der Waals surface area contributed by atoms with E-state index in [1.807, 2.05) is 0 Å².